The van der Waals surface area contributed by atoms with E-state index in [1.54, 1.807) is 30.3 Å². The van der Waals surface area contributed by atoms with Crippen molar-refractivity contribution in [1.29, 1.82) is 5.26 Å². The van der Waals surface area contributed by atoms with Crippen LogP contribution in [0.3, 0.4) is 0 Å². The summed E-state index contributed by atoms with van der Waals surface area (Å²) in [6.45, 7) is -0.161. The second-order valence-electron chi connectivity index (χ2n) is 4.98. The van der Waals surface area contributed by atoms with Crippen LogP contribution < -0.4 is 10.3 Å². The summed E-state index contributed by atoms with van der Waals surface area (Å²) in [6, 6.07) is 11.8. The Labute approximate surface area is 138 Å². The quantitative estimate of drug-likeness (QED) is 0.792. The Hall–Kier alpha value is -3.11. The van der Waals surface area contributed by atoms with Gasteiger partial charge in [-0.05, 0) is 18.2 Å². The lowest BCUT2D eigenvalue weighted by molar-refractivity contribution is 0.0597. The van der Waals surface area contributed by atoms with Crippen LogP contribution in [0.5, 0.6) is 5.75 Å². The van der Waals surface area contributed by atoms with Crippen molar-refractivity contribution in [2.24, 2.45) is 0 Å². The van der Waals surface area contributed by atoms with Gasteiger partial charge < -0.3 is 19.1 Å². The number of aliphatic hydroxyl groups excluding tert-OH is 1. The molecule has 124 valence electrons. The molecule has 1 unspecified atom stereocenters. The van der Waals surface area contributed by atoms with Crippen LogP contribution in [0.15, 0.2) is 47.4 Å². The Balaban J connectivity index is 2.14. The highest BCUT2D eigenvalue weighted by Crippen LogP contribution is 2.09. The van der Waals surface area contributed by atoms with Gasteiger partial charge in [0.2, 0.25) is 0 Å². The second kappa shape index (κ2) is 7.94. The lowest BCUT2D eigenvalue weighted by Gasteiger charge is -2.15. The van der Waals surface area contributed by atoms with Crippen LogP contribution in [0.4, 0.5) is 0 Å². The summed E-state index contributed by atoms with van der Waals surface area (Å²) in [7, 11) is 1.20. The smallest absolute Gasteiger partial charge is 0.339 e. The topological polar surface area (TPSA) is 102 Å². The van der Waals surface area contributed by atoms with Crippen molar-refractivity contribution in [2.75, 3.05) is 13.7 Å². The maximum Gasteiger partial charge on any atom is 0.339 e. The van der Waals surface area contributed by atoms with Gasteiger partial charge in [0.15, 0.2) is 0 Å². The van der Waals surface area contributed by atoms with Gasteiger partial charge >= 0.3 is 5.97 Å². The number of carbonyl (C=O) groups excluding carboxylic acids is 1. The van der Waals surface area contributed by atoms with Crippen LogP contribution in [0.2, 0.25) is 0 Å². The summed E-state index contributed by atoms with van der Waals surface area (Å²) in [5.74, 6) is -0.0832. The number of hydrogen-bond acceptors (Lipinski definition) is 6. The van der Waals surface area contributed by atoms with Gasteiger partial charge in [0.05, 0.1) is 19.2 Å². The van der Waals surface area contributed by atoms with Crippen LogP contribution >= 0.6 is 0 Å². The van der Waals surface area contributed by atoms with E-state index in [2.05, 4.69) is 4.74 Å². The molecule has 1 heterocycles. The Bertz CT molecular complexity index is 808. The van der Waals surface area contributed by atoms with Gasteiger partial charge in [0.25, 0.3) is 5.56 Å². The molecule has 0 aliphatic carbocycles. The number of ether oxygens (including phenoxy) is 2. The van der Waals surface area contributed by atoms with Crippen molar-refractivity contribution in [3.05, 3.63) is 64.1 Å². The number of aromatic nitrogens is 1. The molecule has 2 rings (SSSR count). The molecule has 7 nitrogen and oxygen atoms in total. The molecule has 0 spiro atoms. The first kappa shape index (κ1) is 17.2. The molecule has 1 aromatic carbocycles. The van der Waals surface area contributed by atoms with Crippen molar-refractivity contribution in [3.63, 3.8) is 0 Å². The first-order chi connectivity index (χ1) is 11.5. The lowest BCUT2D eigenvalue weighted by atomic mass is 10.2. The highest BCUT2D eigenvalue weighted by atomic mass is 16.5. The predicted molar refractivity (Wildman–Crippen MR) is 84.7 cm³/mol. The molecule has 0 saturated carbocycles. The van der Waals surface area contributed by atoms with E-state index in [9.17, 15) is 14.7 Å². The van der Waals surface area contributed by atoms with Gasteiger partial charge in [-0.2, -0.15) is 5.26 Å². The van der Waals surface area contributed by atoms with Crippen LogP contribution in [-0.2, 0) is 11.3 Å². The number of nitrogens with zero attached hydrogens (tertiary/aromatic N) is 2. The largest absolute Gasteiger partial charge is 0.491 e. The van der Waals surface area contributed by atoms with E-state index in [0.29, 0.717) is 5.75 Å². The molecule has 7 heteroatoms. The molecule has 1 atom stereocenters. The fourth-order valence-corrected chi connectivity index (χ4v) is 2.07. The maximum absolute atomic E-state index is 12.1. The number of hydrogen-bond donors (Lipinski definition) is 1. The number of carbonyl (C=O) groups is 1. The summed E-state index contributed by atoms with van der Waals surface area (Å²) < 4.78 is 11.1. The van der Waals surface area contributed by atoms with Gasteiger partial charge in [-0.15, -0.1) is 0 Å². The Kier molecular flexibility index (Phi) is 5.71. The van der Waals surface area contributed by atoms with E-state index < -0.39 is 17.6 Å². The van der Waals surface area contributed by atoms with E-state index in [1.807, 2.05) is 6.07 Å². The summed E-state index contributed by atoms with van der Waals surface area (Å²) in [6.07, 6.45) is 0.253. The van der Waals surface area contributed by atoms with Crippen molar-refractivity contribution in [2.45, 2.75) is 12.6 Å². The first-order valence-corrected chi connectivity index (χ1v) is 7.14. The van der Waals surface area contributed by atoms with Crippen molar-refractivity contribution in [3.8, 4) is 11.8 Å². The maximum atomic E-state index is 12.1. The Morgan fingerprint density at radius 2 is 2.08 bits per heavy atom. The van der Waals surface area contributed by atoms with Crippen LogP contribution in [0.1, 0.15) is 15.9 Å². The van der Waals surface area contributed by atoms with Crippen LogP contribution in [-0.4, -0.2) is 35.5 Å². The van der Waals surface area contributed by atoms with Crippen LogP contribution in [0.25, 0.3) is 0 Å². The third-order valence-electron chi connectivity index (χ3n) is 3.22. The number of para-hydroxylation sites is 1. The number of benzene rings is 1. The number of rotatable bonds is 6. The molecule has 1 aromatic heterocycles. The van der Waals surface area contributed by atoms with Gasteiger partial charge in [-0.3, -0.25) is 4.79 Å². The molecular formula is C17H16N2O5. The van der Waals surface area contributed by atoms with E-state index in [-0.39, 0.29) is 24.3 Å². The molecule has 0 radical (unpaired) electrons. The number of esters is 1. The highest BCUT2D eigenvalue weighted by Gasteiger charge is 2.15. The average Bonchev–Trinajstić information content (AvgIpc) is 2.61. The molecular weight excluding hydrogens is 312 g/mol. The number of methoxy groups -OCH3 is 1. The monoisotopic (exact) mass is 328 g/mol. The standard InChI is InChI=1S/C17H16N2O5/c1-23-17(22)13-7-12(8-18)16(21)19(9-13)10-14(20)11-24-15-5-3-2-4-6-15/h2-7,9,14,20H,10-11H2,1H3. The first-order valence-electron chi connectivity index (χ1n) is 7.14. The van der Waals surface area contributed by atoms with Gasteiger partial charge in [-0.1, -0.05) is 18.2 Å². The lowest BCUT2D eigenvalue weighted by Crippen LogP contribution is -2.32. The fraction of sp³-hybridized carbons (Fsp3) is 0.235. The van der Waals surface area contributed by atoms with E-state index >= 15 is 0 Å². The van der Waals surface area contributed by atoms with Crippen molar-refractivity contribution < 1.29 is 19.4 Å². The number of pyridine rings is 1. The minimum atomic E-state index is -0.998. The average molecular weight is 328 g/mol. The van der Waals surface area contributed by atoms with E-state index in [0.717, 1.165) is 10.6 Å². The summed E-state index contributed by atoms with van der Waals surface area (Å²) in [5.41, 5.74) is -0.734. The number of aliphatic hydroxyl groups is 1. The normalized spacial score (nSPS) is 11.4. The van der Waals surface area contributed by atoms with Crippen molar-refractivity contribution in [1.82, 2.24) is 4.57 Å². The number of nitriles is 1. The summed E-state index contributed by atoms with van der Waals surface area (Å²) in [5, 5.41) is 19.1. The summed E-state index contributed by atoms with van der Waals surface area (Å²) in [4.78, 5) is 23.7. The minimum Gasteiger partial charge on any atom is -0.491 e. The summed E-state index contributed by atoms with van der Waals surface area (Å²) >= 11 is 0. The van der Waals surface area contributed by atoms with Crippen molar-refractivity contribution >= 4 is 5.97 Å². The van der Waals surface area contributed by atoms with Gasteiger partial charge in [-0.25, -0.2) is 4.79 Å². The highest BCUT2D eigenvalue weighted by molar-refractivity contribution is 5.89. The fourth-order valence-electron chi connectivity index (χ4n) is 2.07. The third kappa shape index (κ3) is 4.21. The SMILES string of the molecule is COC(=O)c1cc(C#N)c(=O)n(CC(O)COc2ccccc2)c1. The zero-order chi connectivity index (χ0) is 17.5. The Morgan fingerprint density at radius 1 is 1.38 bits per heavy atom. The molecule has 0 saturated heterocycles. The molecule has 24 heavy (non-hydrogen) atoms. The van der Waals surface area contributed by atoms with Crippen LogP contribution in [0, 0.1) is 11.3 Å². The predicted octanol–water partition coefficient (Wildman–Crippen LogP) is 0.946. The second-order valence-corrected chi connectivity index (χ2v) is 4.98. The van der Waals surface area contributed by atoms with E-state index in [1.165, 1.54) is 13.3 Å². The zero-order valence-electron chi connectivity index (χ0n) is 13.0. The molecule has 0 bridgehead atoms. The molecule has 2 aromatic rings. The minimum absolute atomic E-state index is 0.0409. The van der Waals surface area contributed by atoms with Gasteiger partial charge in [0.1, 0.15) is 30.1 Å². The molecule has 0 aliphatic rings. The Morgan fingerprint density at radius 3 is 2.71 bits per heavy atom. The molecule has 0 fully saturated rings. The van der Waals surface area contributed by atoms with E-state index in [4.69, 9.17) is 10.00 Å². The third-order valence-corrected chi connectivity index (χ3v) is 3.22. The zero-order valence-corrected chi connectivity index (χ0v) is 13.0. The molecule has 1 N–H and O–H groups in total. The molecule has 0 aliphatic heterocycles. The molecule has 0 amide bonds. The van der Waals surface area contributed by atoms with Gasteiger partial charge in [0, 0.05) is 6.20 Å².